The molecule has 0 fully saturated rings. The molecule has 0 radical (unpaired) electrons. The Morgan fingerprint density at radius 2 is 1.79 bits per heavy atom. The first kappa shape index (κ1) is 17.9. The summed E-state index contributed by atoms with van der Waals surface area (Å²) in [6, 6.07) is -0.526. The summed E-state index contributed by atoms with van der Waals surface area (Å²) in [6.07, 6.45) is 4.94. The van der Waals surface area contributed by atoms with Gasteiger partial charge in [-0.15, -0.1) is 0 Å². The van der Waals surface area contributed by atoms with Crippen LogP contribution >= 0.6 is 0 Å². The molecule has 0 spiro atoms. The van der Waals surface area contributed by atoms with E-state index >= 15 is 0 Å². The van der Waals surface area contributed by atoms with Crippen LogP contribution in [0.5, 0.6) is 0 Å². The van der Waals surface area contributed by atoms with Gasteiger partial charge in [-0.2, -0.15) is 0 Å². The van der Waals surface area contributed by atoms with Crippen LogP contribution in [0.2, 0.25) is 0 Å². The molecule has 0 saturated heterocycles. The fraction of sp³-hybridized carbons (Fsp3) is 0.857. The summed E-state index contributed by atoms with van der Waals surface area (Å²) >= 11 is 0. The number of methoxy groups -OCH3 is 1. The number of carbonyl (C=O) groups is 2. The van der Waals surface area contributed by atoms with Crippen LogP contribution in [0, 0.1) is 5.92 Å². The second-order valence-electron chi connectivity index (χ2n) is 5.23. The van der Waals surface area contributed by atoms with Crippen LogP contribution in [0.1, 0.15) is 52.4 Å². The molecule has 5 nitrogen and oxygen atoms in total. The Bertz CT molecular complexity index is 267. The summed E-state index contributed by atoms with van der Waals surface area (Å²) in [5.41, 5.74) is 5.40. The smallest absolute Gasteiger partial charge is 0.328 e. The lowest BCUT2D eigenvalue weighted by atomic mass is 10.0. The third-order valence-electron chi connectivity index (χ3n) is 2.89. The van der Waals surface area contributed by atoms with Crippen molar-refractivity contribution >= 4 is 11.9 Å². The highest BCUT2D eigenvalue weighted by atomic mass is 16.5. The first-order chi connectivity index (χ1) is 9.01. The zero-order chi connectivity index (χ0) is 14.7. The van der Waals surface area contributed by atoms with Crippen LogP contribution in [0.25, 0.3) is 0 Å². The van der Waals surface area contributed by atoms with Crippen molar-refractivity contribution in [3.8, 4) is 0 Å². The summed E-state index contributed by atoms with van der Waals surface area (Å²) in [4.78, 5) is 23.3. The molecule has 0 bridgehead atoms. The van der Waals surface area contributed by atoms with Gasteiger partial charge in [0.15, 0.2) is 0 Å². The second kappa shape index (κ2) is 10.8. The van der Waals surface area contributed by atoms with E-state index in [0.717, 1.165) is 25.7 Å². The molecule has 19 heavy (non-hydrogen) atoms. The van der Waals surface area contributed by atoms with E-state index in [1.54, 1.807) is 0 Å². The van der Waals surface area contributed by atoms with E-state index in [4.69, 9.17) is 10.5 Å². The molecular formula is C14H28N2O3. The van der Waals surface area contributed by atoms with Gasteiger partial charge in [-0.25, -0.2) is 4.79 Å². The maximum atomic E-state index is 11.7. The average Bonchev–Trinajstić information content (AvgIpc) is 2.36. The Balaban J connectivity index is 3.99. The fourth-order valence-corrected chi connectivity index (χ4v) is 1.88. The van der Waals surface area contributed by atoms with E-state index < -0.39 is 6.04 Å². The quantitative estimate of drug-likeness (QED) is 0.467. The van der Waals surface area contributed by atoms with Crippen LogP contribution < -0.4 is 11.1 Å². The first-order valence-corrected chi connectivity index (χ1v) is 7.08. The Labute approximate surface area is 116 Å². The topological polar surface area (TPSA) is 81.4 Å². The van der Waals surface area contributed by atoms with Gasteiger partial charge in [0.2, 0.25) is 5.91 Å². The van der Waals surface area contributed by atoms with E-state index in [-0.39, 0.29) is 11.9 Å². The monoisotopic (exact) mass is 272 g/mol. The van der Waals surface area contributed by atoms with Gasteiger partial charge in [-0.3, -0.25) is 4.79 Å². The zero-order valence-electron chi connectivity index (χ0n) is 12.4. The maximum absolute atomic E-state index is 11.7. The number of hydrogen-bond donors (Lipinski definition) is 2. The summed E-state index contributed by atoms with van der Waals surface area (Å²) in [5, 5.41) is 2.75. The van der Waals surface area contributed by atoms with E-state index in [0.29, 0.717) is 25.3 Å². The van der Waals surface area contributed by atoms with E-state index in [1.165, 1.54) is 7.11 Å². The number of carbonyl (C=O) groups excluding carboxylic acids is 2. The predicted octanol–water partition coefficient (Wildman–Crippen LogP) is 1.60. The van der Waals surface area contributed by atoms with Crippen molar-refractivity contribution in [2.45, 2.75) is 58.4 Å². The normalized spacial score (nSPS) is 12.3. The average molecular weight is 272 g/mol. The number of unbranched alkanes of at least 4 members (excludes halogenated alkanes) is 3. The number of nitrogens with two attached hydrogens (primary N) is 1. The maximum Gasteiger partial charge on any atom is 0.328 e. The van der Waals surface area contributed by atoms with Crippen molar-refractivity contribution < 1.29 is 14.3 Å². The molecule has 1 amide bonds. The fourth-order valence-electron chi connectivity index (χ4n) is 1.88. The number of amides is 1. The number of rotatable bonds is 10. The molecule has 0 heterocycles. The summed E-state index contributed by atoms with van der Waals surface area (Å²) in [5.74, 6) is -0.122. The van der Waals surface area contributed by atoms with E-state index in [1.807, 2.05) is 13.8 Å². The van der Waals surface area contributed by atoms with Crippen LogP contribution in [0.4, 0.5) is 0 Å². The predicted molar refractivity (Wildman–Crippen MR) is 75.5 cm³/mol. The molecule has 3 N–H and O–H groups in total. The molecule has 0 saturated carbocycles. The van der Waals surface area contributed by atoms with Crippen molar-refractivity contribution in [2.75, 3.05) is 13.7 Å². The highest BCUT2D eigenvalue weighted by Crippen LogP contribution is 2.08. The van der Waals surface area contributed by atoms with Gasteiger partial charge >= 0.3 is 5.97 Å². The van der Waals surface area contributed by atoms with Gasteiger partial charge in [0.25, 0.3) is 0 Å². The van der Waals surface area contributed by atoms with Crippen LogP contribution in [0.15, 0.2) is 0 Å². The van der Waals surface area contributed by atoms with Gasteiger partial charge in [0, 0.05) is 6.42 Å². The minimum Gasteiger partial charge on any atom is -0.467 e. The number of hydrogen-bond acceptors (Lipinski definition) is 4. The van der Waals surface area contributed by atoms with Crippen LogP contribution in [-0.4, -0.2) is 31.6 Å². The lowest BCUT2D eigenvalue weighted by molar-refractivity contribution is -0.145. The third kappa shape index (κ3) is 9.47. The van der Waals surface area contributed by atoms with Gasteiger partial charge < -0.3 is 15.8 Å². The van der Waals surface area contributed by atoms with Gasteiger partial charge in [-0.1, -0.05) is 26.7 Å². The summed E-state index contributed by atoms with van der Waals surface area (Å²) < 4.78 is 4.70. The standard InChI is InChI=1S/C14H28N2O3/c1-11(2)10-12(14(18)19-3)16-13(17)8-6-4-5-7-9-15/h11-12H,4-10,15H2,1-3H3,(H,16,17)/t12-/m0/s1. The van der Waals surface area contributed by atoms with Crippen molar-refractivity contribution in [1.82, 2.24) is 5.32 Å². The van der Waals surface area contributed by atoms with Crippen molar-refractivity contribution in [2.24, 2.45) is 11.7 Å². The number of ether oxygens (including phenoxy) is 1. The van der Waals surface area contributed by atoms with Crippen LogP contribution in [0.3, 0.4) is 0 Å². The van der Waals surface area contributed by atoms with Crippen LogP contribution in [-0.2, 0) is 14.3 Å². The Hall–Kier alpha value is -1.10. The molecule has 0 unspecified atom stereocenters. The molecule has 0 rings (SSSR count). The van der Waals surface area contributed by atoms with E-state index in [2.05, 4.69) is 5.32 Å². The molecule has 0 aliphatic carbocycles. The van der Waals surface area contributed by atoms with Gasteiger partial charge in [-0.05, 0) is 31.7 Å². The molecule has 0 aromatic carbocycles. The Morgan fingerprint density at radius 1 is 1.16 bits per heavy atom. The molecule has 0 aromatic heterocycles. The number of esters is 1. The second-order valence-corrected chi connectivity index (χ2v) is 5.23. The lowest BCUT2D eigenvalue weighted by Crippen LogP contribution is -2.42. The summed E-state index contributed by atoms with van der Waals surface area (Å²) in [7, 11) is 1.34. The van der Waals surface area contributed by atoms with Gasteiger partial charge in [0.05, 0.1) is 7.11 Å². The molecule has 0 aliphatic heterocycles. The Kier molecular flexibility index (Phi) is 10.2. The molecule has 5 heteroatoms. The van der Waals surface area contributed by atoms with E-state index in [9.17, 15) is 9.59 Å². The molecule has 0 aliphatic rings. The van der Waals surface area contributed by atoms with Crippen molar-refractivity contribution in [3.05, 3.63) is 0 Å². The third-order valence-corrected chi connectivity index (χ3v) is 2.89. The zero-order valence-corrected chi connectivity index (χ0v) is 12.4. The lowest BCUT2D eigenvalue weighted by Gasteiger charge is -2.18. The minimum atomic E-state index is -0.526. The SMILES string of the molecule is COC(=O)[C@H](CC(C)C)NC(=O)CCCCCCN. The molecule has 0 aromatic rings. The Morgan fingerprint density at radius 3 is 2.32 bits per heavy atom. The first-order valence-electron chi connectivity index (χ1n) is 7.08. The van der Waals surface area contributed by atoms with Crippen molar-refractivity contribution in [3.63, 3.8) is 0 Å². The molecule has 112 valence electrons. The number of nitrogens with one attached hydrogen (secondary N) is 1. The molecular weight excluding hydrogens is 244 g/mol. The minimum absolute atomic E-state index is 0.0798. The largest absolute Gasteiger partial charge is 0.467 e. The van der Waals surface area contributed by atoms with Gasteiger partial charge in [0.1, 0.15) is 6.04 Å². The molecule has 1 atom stereocenters. The summed E-state index contributed by atoms with van der Waals surface area (Å²) in [6.45, 7) is 4.72. The van der Waals surface area contributed by atoms with Crippen molar-refractivity contribution in [1.29, 1.82) is 0 Å². The highest BCUT2D eigenvalue weighted by Gasteiger charge is 2.22. The highest BCUT2D eigenvalue weighted by molar-refractivity contribution is 5.84.